The summed E-state index contributed by atoms with van der Waals surface area (Å²) in [5.41, 5.74) is 1.73. The van der Waals surface area contributed by atoms with Crippen molar-refractivity contribution in [1.29, 1.82) is 0 Å². The number of hydrogen-bond acceptors (Lipinski definition) is 6. The highest BCUT2D eigenvalue weighted by Gasteiger charge is 2.07. The molecule has 0 spiro atoms. The fraction of sp³-hybridized carbons (Fsp3) is 0.333. The van der Waals surface area contributed by atoms with Crippen LogP contribution in [0.1, 0.15) is 13.3 Å². The van der Waals surface area contributed by atoms with E-state index in [1.807, 2.05) is 18.2 Å². The number of aromatic amines is 1. The smallest absolute Gasteiger partial charge is 0.413 e. The van der Waals surface area contributed by atoms with Crippen LogP contribution >= 0.6 is 11.8 Å². The molecule has 0 aliphatic heterocycles. The fourth-order valence-corrected chi connectivity index (χ4v) is 2.31. The van der Waals surface area contributed by atoms with Crippen LogP contribution in [0.2, 0.25) is 0 Å². The van der Waals surface area contributed by atoms with Gasteiger partial charge in [0.25, 0.3) is 0 Å². The Morgan fingerprint density at radius 2 is 2.17 bits per heavy atom. The lowest BCUT2D eigenvalue weighted by Gasteiger charge is -1.98. The maximum Gasteiger partial charge on any atom is 0.413 e. The molecule has 1 aromatic heterocycles. The second-order valence-corrected chi connectivity index (χ2v) is 6.44. The molecule has 2 aromatic rings. The molecule has 0 atom stereocenters. The Morgan fingerprint density at radius 3 is 2.74 bits per heavy atom. The van der Waals surface area contributed by atoms with Gasteiger partial charge in [-0.15, -0.1) is 11.8 Å². The van der Waals surface area contributed by atoms with Crippen molar-refractivity contribution < 1.29 is 22.5 Å². The van der Waals surface area contributed by atoms with E-state index in [2.05, 4.69) is 32.1 Å². The van der Waals surface area contributed by atoms with Gasteiger partial charge in [0, 0.05) is 4.90 Å². The number of rotatable bonds is 4. The summed E-state index contributed by atoms with van der Waals surface area (Å²) in [6, 6.07) is 6.00. The first-order chi connectivity index (χ1) is 10.7. The van der Waals surface area contributed by atoms with Crippen LogP contribution in [0.25, 0.3) is 11.0 Å². The summed E-state index contributed by atoms with van der Waals surface area (Å²) in [5.74, 6) is 1.49. The van der Waals surface area contributed by atoms with Crippen LogP contribution in [-0.4, -0.2) is 41.9 Å². The van der Waals surface area contributed by atoms with Gasteiger partial charge in [-0.25, -0.2) is 14.9 Å². The van der Waals surface area contributed by atoms with Gasteiger partial charge in [0.15, 0.2) is 0 Å². The summed E-state index contributed by atoms with van der Waals surface area (Å²) in [5, 5.41) is 6.39. The van der Waals surface area contributed by atoms with Gasteiger partial charge in [0.05, 0.1) is 18.1 Å². The number of nitrogens with zero attached hydrogens (tertiary/aromatic N) is 1. The molecule has 0 bridgehead atoms. The molecule has 0 saturated heterocycles. The van der Waals surface area contributed by atoms with E-state index in [9.17, 15) is 4.79 Å². The Balaban J connectivity index is 0.000000463. The van der Waals surface area contributed by atoms with Crippen molar-refractivity contribution in [3.8, 4) is 0 Å². The Hall–Kier alpha value is -1.82. The molecular formula is C12H18N4O5S2. The van der Waals surface area contributed by atoms with E-state index in [1.165, 1.54) is 12.0 Å². The van der Waals surface area contributed by atoms with Crippen LogP contribution in [0.5, 0.6) is 0 Å². The van der Waals surface area contributed by atoms with Crippen molar-refractivity contribution in [2.45, 2.75) is 18.2 Å². The first kappa shape index (κ1) is 19.2. The average Bonchev–Trinajstić information content (AvgIpc) is 2.84. The minimum atomic E-state index is -4.17. The normalized spacial score (nSPS) is 10.8. The molecule has 128 valence electrons. The van der Waals surface area contributed by atoms with Crippen molar-refractivity contribution >= 4 is 45.1 Å². The van der Waals surface area contributed by atoms with Crippen LogP contribution in [0.15, 0.2) is 23.1 Å². The number of benzene rings is 1. The molecule has 2 rings (SSSR count). The van der Waals surface area contributed by atoms with Gasteiger partial charge in [-0.1, -0.05) is 6.92 Å². The SMILES string of the molecule is CCCSc1ccc2nc(NC(=O)OC)[nH]c2c1.NS(=O)(=O)O. The number of thioether (sulfide) groups is 1. The minimum absolute atomic E-state index is 0.398. The number of anilines is 1. The number of carbonyl (C=O) groups excluding carboxylic acids is 1. The lowest BCUT2D eigenvalue weighted by Crippen LogP contribution is -2.11. The molecule has 1 heterocycles. The molecule has 11 heteroatoms. The quantitative estimate of drug-likeness (QED) is 0.480. The number of nitrogens with two attached hydrogens (primary N) is 1. The van der Waals surface area contributed by atoms with E-state index >= 15 is 0 Å². The Morgan fingerprint density at radius 1 is 1.52 bits per heavy atom. The summed E-state index contributed by atoms with van der Waals surface area (Å²) in [4.78, 5) is 19.5. The second kappa shape index (κ2) is 8.72. The van der Waals surface area contributed by atoms with Crippen molar-refractivity contribution in [2.24, 2.45) is 5.14 Å². The Labute approximate surface area is 137 Å². The lowest BCUT2D eigenvalue weighted by atomic mass is 10.3. The first-order valence-electron chi connectivity index (χ1n) is 6.45. The van der Waals surface area contributed by atoms with E-state index in [0.717, 1.165) is 23.2 Å². The molecule has 0 aliphatic carbocycles. The summed E-state index contributed by atoms with van der Waals surface area (Å²) >= 11 is 1.80. The van der Waals surface area contributed by atoms with Crippen LogP contribution in [0.3, 0.4) is 0 Å². The zero-order valence-electron chi connectivity index (χ0n) is 12.6. The molecule has 5 N–H and O–H groups in total. The minimum Gasteiger partial charge on any atom is -0.453 e. The maximum absolute atomic E-state index is 11.1. The number of imidazole rings is 1. The van der Waals surface area contributed by atoms with E-state index in [1.54, 1.807) is 11.8 Å². The van der Waals surface area contributed by atoms with Crippen LogP contribution in [0, 0.1) is 0 Å². The first-order valence-corrected chi connectivity index (χ1v) is 8.94. The largest absolute Gasteiger partial charge is 0.453 e. The highest BCUT2D eigenvalue weighted by atomic mass is 32.2. The zero-order valence-corrected chi connectivity index (χ0v) is 14.2. The third-order valence-corrected chi connectivity index (χ3v) is 3.53. The van der Waals surface area contributed by atoms with Gasteiger partial charge in [-0.2, -0.15) is 8.42 Å². The third-order valence-electron chi connectivity index (χ3n) is 2.33. The van der Waals surface area contributed by atoms with Crippen molar-refractivity contribution in [1.82, 2.24) is 9.97 Å². The van der Waals surface area contributed by atoms with E-state index in [4.69, 9.17) is 13.0 Å². The average molecular weight is 362 g/mol. The van der Waals surface area contributed by atoms with Crippen LogP contribution in [-0.2, 0) is 15.0 Å². The molecule has 0 radical (unpaired) electrons. The number of amides is 1. The number of H-pyrrole nitrogens is 1. The van der Waals surface area contributed by atoms with Crippen molar-refractivity contribution in [3.05, 3.63) is 18.2 Å². The van der Waals surface area contributed by atoms with Gasteiger partial charge in [-0.05, 0) is 30.4 Å². The summed E-state index contributed by atoms with van der Waals surface area (Å²) in [6.45, 7) is 2.15. The monoisotopic (exact) mass is 362 g/mol. The molecule has 0 fully saturated rings. The molecular weight excluding hydrogens is 344 g/mol. The number of hydrogen-bond donors (Lipinski definition) is 4. The maximum atomic E-state index is 11.1. The third kappa shape index (κ3) is 7.83. The number of fused-ring (bicyclic) bond motifs is 1. The molecule has 0 unspecified atom stereocenters. The van der Waals surface area contributed by atoms with Crippen molar-refractivity contribution in [3.63, 3.8) is 0 Å². The summed E-state index contributed by atoms with van der Waals surface area (Å²) in [6.07, 6.45) is 0.607. The van der Waals surface area contributed by atoms with Crippen LogP contribution < -0.4 is 10.5 Å². The number of methoxy groups -OCH3 is 1. The van der Waals surface area contributed by atoms with Gasteiger partial charge in [0.2, 0.25) is 5.95 Å². The van der Waals surface area contributed by atoms with Crippen LogP contribution in [0.4, 0.5) is 10.7 Å². The van der Waals surface area contributed by atoms with E-state index in [-0.39, 0.29) is 0 Å². The topological polar surface area (TPSA) is 147 Å². The second-order valence-electron chi connectivity index (χ2n) is 4.24. The van der Waals surface area contributed by atoms with E-state index < -0.39 is 16.4 Å². The molecule has 9 nitrogen and oxygen atoms in total. The number of ether oxygens (including phenoxy) is 1. The predicted octanol–water partition coefficient (Wildman–Crippen LogP) is 1.99. The number of nitrogens with one attached hydrogen (secondary N) is 2. The number of carbonyl (C=O) groups is 1. The predicted molar refractivity (Wildman–Crippen MR) is 88.9 cm³/mol. The number of aromatic nitrogens is 2. The van der Waals surface area contributed by atoms with Crippen molar-refractivity contribution in [2.75, 3.05) is 18.2 Å². The van der Waals surface area contributed by atoms with Gasteiger partial charge < -0.3 is 9.72 Å². The fourth-order valence-electron chi connectivity index (χ4n) is 1.51. The Bertz CT molecular complexity index is 752. The van der Waals surface area contributed by atoms with Gasteiger partial charge in [0.1, 0.15) is 0 Å². The van der Waals surface area contributed by atoms with E-state index in [0.29, 0.717) is 5.95 Å². The molecule has 0 aliphatic rings. The molecule has 0 saturated carbocycles. The summed E-state index contributed by atoms with van der Waals surface area (Å²) < 4.78 is 29.7. The molecule has 1 aromatic carbocycles. The lowest BCUT2D eigenvalue weighted by molar-refractivity contribution is 0.186. The zero-order chi connectivity index (χ0) is 17.5. The summed E-state index contributed by atoms with van der Waals surface area (Å²) in [7, 11) is -2.85. The van der Waals surface area contributed by atoms with Gasteiger partial charge >= 0.3 is 16.4 Å². The molecule has 23 heavy (non-hydrogen) atoms. The Kier molecular flexibility index (Phi) is 7.29. The standard InChI is InChI=1S/C12H15N3O2S.H3NO3S/c1-3-6-18-8-4-5-9-10(7-8)14-11(13-9)15-12(16)17-2;1-5(2,3)4/h4-5,7H,3,6H2,1-2H3,(H2,13,14,15,16);(H3,1,2,3,4). The highest BCUT2D eigenvalue weighted by Crippen LogP contribution is 2.23. The van der Waals surface area contributed by atoms with Gasteiger partial charge in [-0.3, -0.25) is 9.87 Å². The highest BCUT2D eigenvalue weighted by molar-refractivity contribution is 7.99. The molecule has 1 amide bonds.